The standard InChI is InChI=1S/C10H19N5O2S/c16-18(17,15-7-2-1-3-8-15)13-5-4-6-14-10-11-9-12-14/h9-10,13H,1-8H2. The van der Waals surface area contributed by atoms with Gasteiger partial charge >= 0.3 is 0 Å². The fourth-order valence-electron chi connectivity index (χ4n) is 1.99. The Morgan fingerprint density at radius 1 is 1.22 bits per heavy atom. The third-order valence-electron chi connectivity index (χ3n) is 2.97. The van der Waals surface area contributed by atoms with Crippen LogP contribution in [0.1, 0.15) is 25.7 Å². The van der Waals surface area contributed by atoms with Gasteiger partial charge in [-0.05, 0) is 19.3 Å². The molecule has 1 aliphatic heterocycles. The molecule has 18 heavy (non-hydrogen) atoms. The van der Waals surface area contributed by atoms with Gasteiger partial charge in [0.05, 0.1) is 0 Å². The van der Waals surface area contributed by atoms with E-state index in [1.54, 1.807) is 11.0 Å². The molecule has 2 rings (SSSR count). The first-order valence-corrected chi connectivity index (χ1v) is 7.70. The van der Waals surface area contributed by atoms with E-state index in [-0.39, 0.29) is 0 Å². The molecule has 0 amide bonds. The van der Waals surface area contributed by atoms with Gasteiger partial charge in [0.1, 0.15) is 12.7 Å². The van der Waals surface area contributed by atoms with Crippen molar-refractivity contribution >= 4 is 10.2 Å². The van der Waals surface area contributed by atoms with Gasteiger partial charge in [-0.1, -0.05) is 6.42 Å². The zero-order valence-electron chi connectivity index (χ0n) is 10.3. The average Bonchev–Trinajstić information content (AvgIpc) is 2.89. The largest absolute Gasteiger partial charge is 0.279 e. The lowest BCUT2D eigenvalue weighted by atomic mass is 10.2. The number of hydrogen-bond acceptors (Lipinski definition) is 4. The lowest BCUT2D eigenvalue weighted by Crippen LogP contribution is -2.43. The van der Waals surface area contributed by atoms with Gasteiger partial charge in [0.15, 0.2) is 0 Å². The molecule has 0 saturated carbocycles. The minimum Gasteiger partial charge on any atom is -0.253 e. The van der Waals surface area contributed by atoms with Gasteiger partial charge in [-0.15, -0.1) is 0 Å². The zero-order valence-corrected chi connectivity index (χ0v) is 11.1. The van der Waals surface area contributed by atoms with E-state index < -0.39 is 10.2 Å². The molecule has 0 unspecified atom stereocenters. The summed E-state index contributed by atoms with van der Waals surface area (Å²) in [6, 6.07) is 0. The van der Waals surface area contributed by atoms with Crippen LogP contribution >= 0.6 is 0 Å². The van der Waals surface area contributed by atoms with E-state index >= 15 is 0 Å². The summed E-state index contributed by atoms with van der Waals surface area (Å²) in [7, 11) is -3.29. The normalized spacial score (nSPS) is 18.0. The molecule has 1 saturated heterocycles. The maximum absolute atomic E-state index is 11.9. The van der Waals surface area contributed by atoms with Crippen LogP contribution in [0.4, 0.5) is 0 Å². The van der Waals surface area contributed by atoms with E-state index in [1.807, 2.05) is 0 Å². The number of hydrogen-bond donors (Lipinski definition) is 1. The second-order valence-electron chi connectivity index (χ2n) is 4.37. The van der Waals surface area contributed by atoms with Crippen LogP contribution in [0.5, 0.6) is 0 Å². The molecule has 1 aromatic rings. The number of nitrogens with one attached hydrogen (secondary N) is 1. The van der Waals surface area contributed by atoms with Crippen LogP contribution in [0, 0.1) is 0 Å². The highest BCUT2D eigenvalue weighted by Gasteiger charge is 2.22. The maximum atomic E-state index is 11.9. The minimum absolute atomic E-state index is 0.429. The summed E-state index contributed by atoms with van der Waals surface area (Å²) in [6.45, 7) is 2.37. The second kappa shape index (κ2) is 6.26. The molecule has 0 aliphatic carbocycles. The summed E-state index contributed by atoms with van der Waals surface area (Å²) in [4.78, 5) is 3.83. The van der Waals surface area contributed by atoms with Crippen LogP contribution in [-0.2, 0) is 16.8 Å². The summed E-state index contributed by atoms with van der Waals surface area (Å²) in [5.41, 5.74) is 0. The topological polar surface area (TPSA) is 80.1 Å². The van der Waals surface area contributed by atoms with E-state index in [9.17, 15) is 8.42 Å². The monoisotopic (exact) mass is 273 g/mol. The van der Waals surface area contributed by atoms with E-state index in [0.717, 1.165) is 19.3 Å². The second-order valence-corrected chi connectivity index (χ2v) is 6.13. The van der Waals surface area contributed by atoms with Gasteiger partial charge < -0.3 is 0 Å². The number of rotatable bonds is 6. The third-order valence-corrected chi connectivity index (χ3v) is 4.58. The molecule has 1 aromatic heterocycles. The first-order valence-electron chi connectivity index (χ1n) is 6.26. The fraction of sp³-hybridized carbons (Fsp3) is 0.800. The Bertz CT molecular complexity index is 439. The Kier molecular flexibility index (Phi) is 4.67. The van der Waals surface area contributed by atoms with Crippen LogP contribution < -0.4 is 4.72 Å². The van der Waals surface area contributed by atoms with Crippen molar-refractivity contribution in [1.29, 1.82) is 0 Å². The average molecular weight is 273 g/mol. The molecule has 102 valence electrons. The number of aromatic nitrogens is 3. The Balaban J connectivity index is 1.71. The number of piperidine rings is 1. The van der Waals surface area contributed by atoms with Crippen LogP contribution in [0.3, 0.4) is 0 Å². The van der Waals surface area contributed by atoms with Gasteiger partial charge in [-0.3, -0.25) is 4.68 Å². The van der Waals surface area contributed by atoms with Gasteiger partial charge in [0.25, 0.3) is 10.2 Å². The van der Waals surface area contributed by atoms with Gasteiger partial charge in [0.2, 0.25) is 0 Å². The summed E-state index contributed by atoms with van der Waals surface area (Å²) in [6.07, 6.45) is 6.84. The Morgan fingerprint density at radius 3 is 2.67 bits per heavy atom. The molecule has 0 bridgehead atoms. The molecule has 0 aromatic carbocycles. The highest BCUT2D eigenvalue weighted by molar-refractivity contribution is 7.87. The minimum atomic E-state index is -3.29. The van der Waals surface area contributed by atoms with Crippen molar-refractivity contribution in [2.45, 2.75) is 32.2 Å². The Hall–Kier alpha value is -0.990. The first kappa shape index (κ1) is 13.4. The van der Waals surface area contributed by atoms with Crippen molar-refractivity contribution in [2.75, 3.05) is 19.6 Å². The van der Waals surface area contributed by atoms with Crippen molar-refractivity contribution < 1.29 is 8.42 Å². The quantitative estimate of drug-likeness (QED) is 0.739. The van der Waals surface area contributed by atoms with E-state index in [4.69, 9.17) is 0 Å². The third kappa shape index (κ3) is 3.76. The number of nitrogens with zero attached hydrogens (tertiary/aromatic N) is 4. The van der Waals surface area contributed by atoms with Gasteiger partial charge in [-0.25, -0.2) is 9.71 Å². The Labute approximate surface area is 107 Å². The summed E-state index contributed by atoms with van der Waals surface area (Å²) >= 11 is 0. The lowest BCUT2D eigenvalue weighted by Gasteiger charge is -2.25. The fourth-order valence-corrected chi connectivity index (χ4v) is 3.31. The van der Waals surface area contributed by atoms with Crippen molar-refractivity contribution in [3.05, 3.63) is 12.7 Å². The molecule has 1 fully saturated rings. The van der Waals surface area contributed by atoms with Crippen LogP contribution in [0.25, 0.3) is 0 Å². The molecular formula is C10H19N5O2S. The molecular weight excluding hydrogens is 254 g/mol. The van der Waals surface area contributed by atoms with Crippen molar-refractivity contribution in [3.8, 4) is 0 Å². The van der Waals surface area contributed by atoms with E-state index in [2.05, 4.69) is 14.8 Å². The molecule has 0 spiro atoms. The SMILES string of the molecule is O=S(=O)(NCCCn1cncn1)N1CCCCC1. The first-order chi connectivity index (χ1) is 8.68. The Morgan fingerprint density at radius 2 is 2.00 bits per heavy atom. The van der Waals surface area contributed by atoms with Gasteiger partial charge in [0, 0.05) is 26.2 Å². The molecule has 0 radical (unpaired) electrons. The van der Waals surface area contributed by atoms with Crippen LogP contribution in [-0.4, -0.2) is 47.1 Å². The molecule has 0 atom stereocenters. The summed E-state index contributed by atoms with van der Waals surface area (Å²) in [5, 5.41) is 3.96. The molecule has 7 nitrogen and oxygen atoms in total. The molecule has 8 heteroatoms. The van der Waals surface area contributed by atoms with Crippen molar-refractivity contribution in [2.24, 2.45) is 0 Å². The lowest BCUT2D eigenvalue weighted by molar-refractivity contribution is 0.341. The molecule has 2 heterocycles. The van der Waals surface area contributed by atoms with Crippen LogP contribution in [0.2, 0.25) is 0 Å². The summed E-state index contributed by atoms with van der Waals surface area (Å²) in [5.74, 6) is 0. The van der Waals surface area contributed by atoms with Crippen molar-refractivity contribution in [3.63, 3.8) is 0 Å². The zero-order chi connectivity index (χ0) is 12.8. The van der Waals surface area contributed by atoms with Gasteiger partial charge in [-0.2, -0.15) is 17.8 Å². The highest BCUT2D eigenvalue weighted by atomic mass is 32.2. The van der Waals surface area contributed by atoms with Crippen molar-refractivity contribution in [1.82, 2.24) is 23.8 Å². The van der Waals surface area contributed by atoms with E-state index in [1.165, 1.54) is 10.6 Å². The van der Waals surface area contributed by atoms with E-state index in [0.29, 0.717) is 32.6 Å². The smallest absolute Gasteiger partial charge is 0.253 e. The molecule has 1 aliphatic rings. The highest BCUT2D eigenvalue weighted by Crippen LogP contribution is 2.11. The predicted octanol–water partition coefficient (Wildman–Crippen LogP) is -0.0115. The predicted molar refractivity (Wildman–Crippen MR) is 67.0 cm³/mol. The maximum Gasteiger partial charge on any atom is 0.279 e. The number of aryl methyl sites for hydroxylation is 1. The summed E-state index contributed by atoms with van der Waals surface area (Å²) < 4.78 is 29.7. The molecule has 1 N–H and O–H groups in total. The van der Waals surface area contributed by atoms with Crippen LogP contribution in [0.15, 0.2) is 12.7 Å².